The first-order chi connectivity index (χ1) is 18.7. The van der Waals surface area contributed by atoms with Gasteiger partial charge in [-0.2, -0.15) is 0 Å². The third-order valence-electron chi connectivity index (χ3n) is 5.69. The molecule has 1 atom stereocenters. The first kappa shape index (κ1) is 31.4. The lowest BCUT2D eigenvalue weighted by Gasteiger charge is -2.16. The van der Waals surface area contributed by atoms with E-state index in [2.05, 4.69) is 10.5 Å². The number of cyclic esters (lactones) is 1. The van der Waals surface area contributed by atoms with Gasteiger partial charge < -0.3 is 34.7 Å². The highest BCUT2D eigenvalue weighted by molar-refractivity contribution is 6.00. The van der Waals surface area contributed by atoms with Gasteiger partial charge in [-0.3, -0.25) is 9.59 Å². The van der Waals surface area contributed by atoms with Gasteiger partial charge in [0.15, 0.2) is 6.61 Å². The Kier molecular flexibility index (Phi) is 13.6. The number of phenols is 2. The summed E-state index contributed by atoms with van der Waals surface area (Å²) in [5, 5.41) is 27.3. The quantitative estimate of drug-likeness (QED) is 0.176. The topological polar surface area (TPSA) is 147 Å². The molecular weight excluding hydrogens is 506 g/mol. The van der Waals surface area contributed by atoms with Gasteiger partial charge in [-0.15, -0.1) is 0 Å². The Hall–Kier alpha value is -3.86. The number of aromatic hydroxyl groups is 2. The van der Waals surface area contributed by atoms with Gasteiger partial charge in [0.2, 0.25) is 5.91 Å². The van der Waals surface area contributed by atoms with E-state index < -0.39 is 11.7 Å². The van der Waals surface area contributed by atoms with Crippen LogP contribution in [0.15, 0.2) is 41.6 Å². The Bertz CT molecular complexity index is 1070. The van der Waals surface area contributed by atoms with Gasteiger partial charge in [-0.1, -0.05) is 30.3 Å². The van der Waals surface area contributed by atoms with Crippen molar-refractivity contribution in [2.45, 2.75) is 52.1 Å². The first-order valence-corrected chi connectivity index (χ1v) is 13.0. The summed E-state index contributed by atoms with van der Waals surface area (Å²) in [7, 11) is 1.68. The van der Waals surface area contributed by atoms with Crippen molar-refractivity contribution in [3.8, 4) is 11.5 Å². The molecule has 1 aliphatic rings. The zero-order valence-corrected chi connectivity index (χ0v) is 22.9. The van der Waals surface area contributed by atoms with Crippen LogP contribution >= 0.6 is 0 Å². The second kappa shape index (κ2) is 16.9. The van der Waals surface area contributed by atoms with Crippen molar-refractivity contribution in [3.05, 3.63) is 47.6 Å². The van der Waals surface area contributed by atoms with Gasteiger partial charge in [-0.25, -0.2) is 4.79 Å². The van der Waals surface area contributed by atoms with Crippen LogP contribution in [-0.2, 0) is 30.3 Å². The molecule has 0 aromatic heterocycles. The summed E-state index contributed by atoms with van der Waals surface area (Å²) in [5.74, 6) is -1.70. The van der Waals surface area contributed by atoms with Gasteiger partial charge in [0.25, 0.3) is 5.91 Å². The average Bonchev–Trinajstić information content (AvgIpc) is 2.86. The molecule has 1 aromatic carbocycles. The molecule has 0 bridgehead atoms. The summed E-state index contributed by atoms with van der Waals surface area (Å²) in [5.41, 5.74) is 0.566. The second-order valence-corrected chi connectivity index (χ2v) is 9.08. The highest BCUT2D eigenvalue weighted by atomic mass is 16.6. The smallest absolute Gasteiger partial charge is 0.342 e. The molecule has 3 N–H and O–H groups in total. The number of likely N-dealkylation sites (N-methyl/N-ethyl adjacent to an activating group) is 1. The van der Waals surface area contributed by atoms with E-state index in [0.29, 0.717) is 44.7 Å². The van der Waals surface area contributed by atoms with E-state index in [1.807, 2.05) is 25.2 Å². The number of rotatable bonds is 10. The fourth-order valence-corrected chi connectivity index (χ4v) is 3.75. The fourth-order valence-electron chi connectivity index (χ4n) is 3.75. The second-order valence-electron chi connectivity index (χ2n) is 9.08. The van der Waals surface area contributed by atoms with Crippen LogP contribution in [0.25, 0.3) is 0 Å². The van der Waals surface area contributed by atoms with Gasteiger partial charge in [0.1, 0.15) is 17.1 Å². The minimum atomic E-state index is -0.737. The Morgan fingerprint density at radius 3 is 2.79 bits per heavy atom. The third kappa shape index (κ3) is 11.6. The van der Waals surface area contributed by atoms with Crippen LogP contribution < -0.4 is 5.32 Å². The van der Waals surface area contributed by atoms with Crippen LogP contribution in [0.3, 0.4) is 0 Å². The molecule has 0 saturated heterocycles. The van der Waals surface area contributed by atoms with Crippen molar-refractivity contribution in [2.24, 2.45) is 5.16 Å². The molecule has 0 saturated carbocycles. The summed E-state index contributed by atoms with van der Waals surface area (Å²) in [6.45, 7) is 4.77. The normalized spacial score (nSPS) is 18.8. The Morgan fingerprint density at radius 1 is 1.26 bits per heavy atom. The first-order valence-electron chi connectivity index (χ1n) is 13.0. The molecule has 0 aliphatic carbocycles. The van der Waals surface area contributed by atoms with Crippen molar-refractivity contribution < 1.29 is 38.9 Å². The SMILES string of the molecule is CCCN(C)C(=O)CO/N=C1\C=C\CC(OCCCNC(C)=O)/C=C/CCOC(=O)c2c(O)cc(O)cc2C1. The number of carbonyl (C=O) groups is 3. The van der Waals surface area contributed by atoms with Crippen LogP contribution in [0.4, 0.5) is 0 Å². The van der Waals surface area contributed by atoms with Crippen LogP contribution in [0.1, 0.15) is 55.5 Å². The van der Waals surface area contributed by atoms with Crippen molar-refractivity contribution in [3.63, 3.8) is 0 Å². The number of nitrogens with one attached hydrogen (secondary N) is 1. The summed E-state index contributed by atoms with van der Waals surface area (Å²) >= 11 is 0. The van der Waals surface area contributed by atoms with E-state index in [0.717, 1.165) is 12.5 Å². The number of hydrogen-bond acceptors (Lipinski definition) is 9. The molecule has 1 heterocycles. The molecule has 2 amide bonds. The predicted molar refractivity (Wildman–Crippen MR) is 146 cm³/mol. The largest absolute Gasteiger partial charge is 0.508 e. The zero-order valence-electron chi connectivity index (χ0n) is 22.9. The van der Waals surface area contributed by atoms with Crippen molar-refractivity contribution in [1.82, 2.24) is 10.2 Å². The predicted octanol–water partition coefficient (Wildman–Crippen LogP) is 2.86. The lowest BCUT2D eigenvalue weighted by atomic mass is 9.99. The van der Waals surface area contributed by atoms with Crippen LogP contribution in [0.5, 0.6) is 11.5 Å². The van der Waals surface area contributed by atoms with E-state index in [-0.39, 0.29) is 54.4 Å². The summed E-state index contributed by atoms with van der Waals surface area (Å²) in [6.07, 6.45) is 9.37. The molecule has 11 heteroatoms. The van der Waals surface area contributed by atoms with E-state index in [9.17, 15) is 24.6 Å². The van der Waals surface area contributed by atoms with Gasteiger partial charge in [0, 0.05) is 46.2 Å². The van der Waals surface area contributed by atoms with E-state index in [1.165, 1.54) is 13.0 Å². The molecular formula is C28H39N3O8. The number of hydrogen-bond donors (Lipinski definition) is 3. The van der Waals surface area contributed by atoms with Gasteiger partial charge in [-0.05, 0) is 43.4 Å². The number of oxime groups is 1. The molecule has 0 spiro atoms. The van der Waals surface area contributed by atoms with Crippen LogP contribution in [0.2, 0.25) is 0 Å². The molecule has 2 rings (SSSR count). The van der Waals surface area contributed by atoms with Crippen molar-refractivity contribution in [2.75, 3.05) is 40.0 Å². The lowest BCUT2D eigenvalue weighted by molar-refractivity contribution is -0.134. The van der Waals surface area contributed by atoms with Crippen LogP contribution in [-0.4, -0.2) is 84.7 Å². The number of ether oxygens (including phenoxy) is 2. The average molecular weight is 546 g/mol. The number of nitrogens with zero attached hydrogens (tertiary/aromatic N) is 2. The molecule has 1 aromatic rings. The number of amides is 2. The maximum Gasteiger partial charge on any atom is 0.342 e. The molecule has 0 fully saturated rings. The minimum absolute atomic E-state index is 0.0139. The van der Waals surface area contributed by atoms with E-state index in [1.54, 1.807) is 18.0 Å². The van der Waals surface area contributed by atoms with Crippen LogP contribution in [0, 0.1) is 0 Å². The monoisotopic (exact) mass is 545 g/mol. The molecule has 0 radical (unpaired) electrons. The molecule has 11 nitrogen and oxygen atoms in total. The van der Waals surface area contributed by atoms with E-state index in [4.69, 9.17) is 14.3 Å². The lowest BCUT2D eigenvalue weighted by Crippen LogP contribution is -2.30. The highest BCUT2D eigenvalue weighted by Crippen LogP contribution is 2.29. The van der Waals surface area contributed by atoms with Crippen molar-refractivity contribution in [1.29, 1.82) is 0 Å². The Balaban J connectivity index is 2.26. The molecule has 39 heavy (non-hydrogen) atoms. The summed E-state index contributed by atoms with van der Waals surface area (Å²) in [6, 6.07) is 2.43. The summed E-state index contributed by atoms with van der Waals surface area (Å²) in [4.78, 5) is 43.0. The van der Waals surface area contributed by atoms with Gasteiger partial charge in [0.05, 0.1) is 18.4 Å². The minimum Gasteiger partial charge on any atom is -0.508 e. The third-order valence-corrected chi connectivity index (χ3v) is 5.69. The van der Waals surface area contributed by atoms with Gasteiger partial charge >= 0.3 is 5.97 Å². The maximum atomic E-state index is 12.8. The molecule has 1 aliphatic heterocycles. The molecule has 1 unspecified atom stereocenters. The highest BCUT2D eigenvalue weighted by Gasteiger charge is 2.21. The number of fused-ring (bicyclic) bond motifs is 1. The number of phenolic OH excluding ortho intramolecular Hbond substituents is 2. The van der Waals surface area contributed by atoms with Crippen molar-refractivity contribution >= 4 is 23.5 Å². The number of benzene rings is 1. The van der Waals surface area contributed by atoms with E-state index >= 15 is 0 Å². The number of esters is 1. The number of allylic oxidation sites excluding steroid dienone is 1. The Morgan fingerprint density at radius 2 is 2.05 bits per heavy atom. The number of carbonyl (C=O) groups excluding carboxylic acids is 3. The molecule has 214 valence electrons. The standard InChI is InChI=1S/C28H39N3O8/c1-4-13-31(3)26(35)19-39-30-22-9-7-11-24(37-15-8-12-29-20(2)32)10-5-6-14-38-28(36)27-21(16-22)17-23(33)18-25(27)34/h5,7,9-10,17-18,24,33-34H,4,6,8,11-16,19H2,1-3H3,(H,29,32)/b9-7+,10-5+,30-22+. The maximum absolute atomic E-state index is 12.8. The fraction of sp³-hybridized carbons (Fsp3) is 0.500. The Labute approximate surface area is 229 Å². The zero-order chi connectivity index (χ0) is 28.6. The summed E-state index contributed by atoms with van der Waals surface area (Å²) < 4.78 is 11.3.